The van der Waals surface area contributed by atoms with E-state index < -0.39 is 0 Å². The minimum atomic E-state index is 0.196. The molecule has 1 aromatic heterocycles. The van der Waals surface area contributed by atoms with E-state index in [0.717, 1.165) is 18.2 Å². The van der Waals surface area contributed by atoms with Gasteiger partial charge in [0, 0.05) is 12.7 Å². The Hall–Kier alpha value is -1.16. The third-order valence-electron chi connectivity index (χ3n) is 3.78. The first-order valence-electron chi connectivity index (χ1n) is 6.47. The van der Waals surface area contributed by atoms with E-state index in [2.05, 4.69) is 55.2 Å². The number of hydrogen-bond donors (Lipinski definition) is 2. The minimum absolute atomic E-state index is 0.196. The van der Waals surface area contributed by atoms with E-state index in [1.807, 2.05) is 13.1 Å². The molecule has 0 unspecified atom stereocenters. The molecule has 0 amide bonds. The first-order valence-corrected chi connectivity index (χ1v) is 6.47. The third kappa shape index (κ3) is 3.95. The van der Waals surface area contributed by atoms with E-state index in [4.69, 9.17) is 0 Å². The van der Waals surface area contributed by atoms with Crippen molar-refractivity contribution in [1.82, 2.24) is 15.3 Å². The number of rotatable bonds is 5. The second-order valence-corrected chi connectivity index (χ2v) is 6.38. The zero-order valence-corrected chi connectivity index (χ0v) is 12.5. The SMILES string of the molecule is CNCc1nccc(NCC(C)(C)C(C)(C)C)n1. The number of nitrogens with zero attached hydrogens (tertiary/aromatic N) is 2. The molecule has 102 valence electrons. The topological polar surface area (TPSA) is 49.8 Å². The number of nitrogens with one attached hydrogen (secondary N) is 2. The lowest BCUT2D eigenvalue weighted by atomic mass is 9.69. The molecule has 1 aromatic rings. The van der Waals surface area contributed by atoms with Crippen LogP contribution in [-0.2, 0) is 6.54 Å². The van der Waals surface area contributed by atoms with Gasteiger partial charge in [-0.25, -0.2) is 9.97 Å². The Morgan fingerprint density at radius 2 is 1.83 bits per heavy atom. The molecule has 0 bridgehead atoms. The summed E-state index contributed by atoms with van der Waals surface area (Å²) in [6.07, 6.45) is 1.80. The van der Waals surface area contributed by atoms with Crippen LogP contribution in [0.25, 0.3) is 0 Å². The van der Waals surface area contributed by atoms with Gasteiger partial charge < -0.3 is 10.6 Å². The van der Waals surface area contributed by atoms with Crippen molar-refractivity contribution in [3.05, 3.63) is 18.1 Å². The zero-order valence-electron chi connectivity index (χ0n) is 12.5. The van der Waals surface area contributed by atoms with Crippen molar-refractivity contribution < 1.29 is 0 Å². The normalized spacial score (nSPS) is 12.6. The summed E-state index contributed by atoms with van der Waals surface area (Å²) < 4.78 is 0. The standard InChI is InChI=1S/C14H26N4/c1-13(2,3)14(4,5)10-17-11-7-8-16-12(18-11)9-15-6/h7-8,15H,9-10H2,1-6H3,(H,16,17,18). The average Bonchev–Trinajstić information content (AvgIpc) is 2.26. The van der Waals surface area contributed by atoms with Crippen molar-refractivity contribution in [2.75, 3.05) is 18.9 Å². The summed E-state index contributed by atoms with van der Waals surface area (Å²) in [6, 6.07) is 1.91. The lowest BCUT2D eigenvalue weighted by Gasteiger charge is -2.39. The van der Waals surface area contributed by atoms with E-state index in [-0.39, 0.29) is 10.8 Å². The van der Waals surface area contributed by atoms with E-state index in [1.165, 1.54) is 0 Å². The fourth-order valence-electron chi connectivity index (χ4n) is 1.32. The monoisotopic (exact) mass is 250 g/mol. The van der Waals surface area contributed by atoms with Crippen molar-refractivity contribution in [3.8, 4) is 0 Å². The molecular formula is C14H26N4. The second-order valence-electron chi connectivity index (χ2n) is 6.38. The van der Waals surface area contributed by atoms with Gasteiger partial charge in [0.15, 0.2) is 0 Å². The molecule has 0 aromatic carbocycles. The highest BCUT2D eigenvalue weighted by Gasteiger charge is 2.32. The van der Waals surface area contributed by atoms with Gasteiger partial charge in [0.05, 0.1) is 6.54 Å². The quantitative estimate of drug-likeness (QED) is 0.843. The predicted octanol–water partition coefficient (Wildman–Crippen LogP) is 2.68. The molecule has 0 aliphatic rings. The highest BCUT2D eigenvalue weighted by molar-refractivity contribution is 5.33. The van der Waals surface area contributed by atoms with Crippen LogP contribution in [0.5, 0.6) is 0 Å². The maximum Gasteiger partial charge on any atom is 0.144 e. The fraction of sp³-hybridized carbons (Fsp3) is 0.714. The number of anilines is 1. The van der Waals surface area contributed by atoms with Crippen LogP contribution in [0, 0.1) is 10.8 Å². The largest absolute Gasteiger partial charge is 0.369 e. The summed E-state index contributed by atoms with van der Waals surface area (Å²) in [5.41, 5.74) is 0.446. The maximum atomic E-state index is 4.46. The summed E-state index contributed by atoms with van der Waals surface area (Å²) in [4.78, 5) is 8.67. The van der Waals surface area contributed by atoms with E-state index >= 15 is 0 Å². The van der Waals surface area contributed by atoms with Crippen molar-refractivity contribution >= 4 is 5.82 Å². The Kier molecular flexibility index (Phi) is 4.68. The van der Waals surface area contributed by atoms with Crippen molar-refractivity contribution in [2.45, 2.75) is 41.2 Å². The number of aromatic nitrogens is 2. The summed E-state index contributed by atoms with van der Waals surface area (Å²) in [6.45, 7) is 12.9. The molecule has 2 N–H and O–H groups in total. The van der Waals surface area contributed by atoms with Gasteiger partial charge in [-0.3, -0.25) is 0 Å². The lowest BCUT2D eigenvalue weighted by molar-refractivity contribution is 0.148. The average molecular weight is 250 g/mol. The second kappa shape index (κ2) is 5.65. The summed E-state index contributed by atoms with van der Waals surface area (Å²) >= 11 is 0. The van der Waals surface area contributed by atoms with Crippen LogP contribution in [0.2, 0.25) is 0 Å². The highest BCUT2D eigenvalue weighted by Crippen LogP contribution is 2.37. The van der Waals surface area contributed by atoms with Crippen LogP contribution in [-0.4, -0.2) is 23.6 Å². The molecule has 0 aliphatic carbocycles. The van der Waals surface area contributed by atoms with E-state index in [1.54, 1.807) is 6.20 Å². The Labute approximate surface area is 111 Å². The van der Waals surface area contributed by atoms with E-state index in [9.17, 15) is 0 Å². The molecule has 18 heavy (non-hydrogen) atoms. The van der Waals surface area contributed by atoms with Crippen LogP contribution in [0.3, 0.4) is 0 Å². The fourth-order valence-corrected chi connectivity index (χ4v) is 1.32. The van der Waals surface area contributed by atoms with Gasteiger partial charge in [-0.05, 0) is 23.9 Å². The van der Waals surface area contributed by atoms with Gasteiger partial charge in [0.1, 0.15) is 11.6 Å². The van der Waals surface area contributed by atoms with Gasteiger partial charge in [0.25, 0.3) is 0 Å². The minimum Gasteiger partial charge on any atom is -0.369 e. The van der Waals surface area contributed by atoms with Gasteiger partial charge in [-0.2, -0.15) is 0 Å². The maximum absolute atomic E-state index is 4.46. The highest BCUT2D eigenvalue weighted by atomic mass is 15.0. The van der Waals surface area contributed by atoms with Crippen LogP contribution >= 0.6 is 0 Å². The Morgan fingerprint density at radius 1 is 1.17 bits per heavy atom. The van der Waals surface area contributed by atoms with Gasteiger partial charge in [-0.15, -0.1) is 0 Å². The summed E-state index contributed by atoms with van der Waals surface area (Å²) in [5, 5.41) is 6.47. The molecule has 4 nitrogen and oxygen atoms in total. The molecule has 0 atom stereocenters. The van der Waals surface area contributed by atoms with Gasteiger partial charge in [-0.1, -0.05) is 34.6 Å². The lowest BCUT2D eigenvalue weighted by Crippen LogP contribution is -2.36. The first-order chi connectivity index (χ1) is 8.26. The summed E-state index contributed by atoms with van der Waals surface area (Å²) in [7, 11) is 1.90. The van der Waals surface area contributed by atoms with Crippen LogP contribution in [0.4, 0.5) is 5.82 Å². The molecule has 0 saturated heterocycles. The molecule has 0 radical (unpaired) electrons. The molecule has 1 heterocycles. The van der Waals surface area contributed by atoms with Gasteiger partial charge >= 0.3 is 0 Å². The molecule has 4 heteroatoms. The van der Waals surface area contributed by atoms with Crippen molar-refractivity contribution in [3.63, 3.8) is 0 Å². The van der Waals surface area contributed by atoms with E-state index in [0.29, 0.717) is 6.54 Å². The Balaban J connectivity index is 2.66. The Morgan fingerprint density at radius 3 is 2.39 bits per heavy atom. The smallest absolute Gasteiger partial charge is 0.144 e. The molecular weight excluding hydrogens is 224 g/mol. The molecule has 0 saturated carbocycles. The third-order valence-corrected chi connectivity index (χ3v) is 3.78. The van der Waals surface area contributed by atoms with Crippen LogP contribution in [0.15, 0.2) is 12.3 Å². The van der Waals surface area contributed by atoms with Crippen molar-refractivity contribution in [2.24, 2.45) is 10.8 Å². The van der Waals surface area contributed by atoms with Gasteiger partial charge in [0.2, 0.25) is 0 Å². The van der Waals surface area contributed by atoms with Crippen molar-refractivity contribution in [1.29, 1.82) is 0 Å². The van der Waals surface area contributed by atoms with Crippen LogP contribution in [0.1, 0.15) is 40.4 Å². The molecule has 0 fully saturated rings. The molecule has 0 aliphatic heterocycles. The number of hydrogen-bond acceptors (Lipinski definition) is 4. The Bertz CT molecular complexity index is 380. The zero-order chi connectivity index (χ0) is 13.8. The molecule has 0 spiro atoms. The molecule has 1 rings (SSSR count). The summed E-state index contributed by atoms with van der Waals surface area (Å²) in [5.74, 6) is 1.71. The van der Waals surface area contributed by atoms with Crippen LogP contribution < -0.4 is 10.6 Å². The predicted molar refractivity (Wildman–Crippen MR) is 76.5 cm³/mol. The first kappa shape index (κ1) is 14.9.